The highest BCUT2D eigenvalue weighted by molar-refractivity contribution is 8.00. The molecule has 1 atom stereocenters. The van der Waals surface area contributed by atoms with Gasteiger partial charge < -0.3 is 9.47 Å². The molecule has 0 bridgehead atoms. The molecule has 4 heteroatoms. The summed E-state index contributed by atoms with van der Waals surface area (Å²) in [6, 6.07) is 0. The smallest absolute Gasteiger partial charge is 0.306 e. The quantitative estimate of drug-likeness (QED) is 0.675. The van der Waals surface area contributed by atoms with Gasteiger partial charge in [0.05, 0.1) is 20.1 Å². The van der Waals surface area contributed by atoms with Crippen LogP contribution in [0.5, 0.6) is 0 Å². The van der Waals surface area contributed by atoms with E-state index in [1.54, 1.807) is 0 Å². The van der Waals surface area contributed by atoms with Crippen LogP contribution >= 0.6 is 11.8 Å². The van der Waals surface area contributed by atoms with Crippen molar-refractivity contribution < 1.29 is 14.3 Å². The van der Waals surface area contributed by atoms with Gasteiger partial charge in [0.2, 0.25) is 0 Å². The number of ether oxygens (including phenoxy) is 2. The number of hydrogen-bond donors (Lipinski definition) is 0. The van der Waals surface area contributed by atoms with Crippen LogP contribution in [-0.4, -0.2) is 37.3 Å². The van der Waals surface area contributed by atoms with Crippen LogP contribution in [0.1, 0.15) is 25.7 Å². The first kappa shape index (κ1) is 11.3. The fourth-order valence-electron chi connectivity index (χ4n) is 1.87. The molecule has 0 aromatic rings. The van der Waals surface area contributed by atoms with Crippen molar-refractivity contribution in [3.05, 3.63) is 0 Å². The van der Waals surface area contributed by atoms with Gasteiger partial charge in [-0.2, -0.15) is 11.8 Å². The highest BCUT2D eigenvalue weighted by atomic mass is 32.2. The van der Waals surface area contributed by atoms with Gasteiger partial charge in [-0.1, -0.05) is 0 Å². The lowest BCUT2D eigenvalue weighted by Gasteiger charge is -2.15. The molecule has 0 N–H and O–H groups in total. The highest BCUT2D eigenvalue weighted by Crippen LogP contribution is 2.52. The Morgan fingerprint density at radius 2 is 2.40 bits per heavy atom. The van der Waals surface area contributed by atoms with Gasteiger partial charge in [0.1, 0.15) is 0 Å². The first-order chi connectivity index (χ1) is 7.24. The first-order valence-electron chi connectivity index (χ1n) is 5.50. The number of hydrogen-bond acceptors (Lipinski definition) is 4. The Bertz CT molecular complexity index is 232. The maximum atomic E-state index is 11.2. The van der Waals surface area contributed by atoms with E-state index in [2.05, 4.69) is 0 Å². The zero-order valence-corrected chi connectivity index (χ0v) is 9.98. The topological polar surface area (TPSA) is 35.5 Å². The number of methoxy groups -OCH3 is 1. The highest BCUT2D eigenvalue weighted by Gasteiger charge is 2.45. The second kappa shape index (κ2) is 4.74. The van der Waals surface area contributed by atoms with Gasteiger partial charge in [-0.15, -0.1) is 0 Å². The Balaban J connectivity index is 1.71. The molecule has 1 heterocycles. The van der Waals surface area contributed by atoms with E-state index in [0.717, 1.165) is 19.0 Å². The molecular formula is C11H18O3S. The Morgan fingerprint density at radius 1 is 1.60 bits per heavy atom. The number of carbonyl (C=O) groups is 1. The van der Waals surface area contributed by atoms with Gasteiger partial charge in [-0.3, -0.25) is 4.79 Å². The standard InChI is InChI=1S/C11H18O3S/c1-13-10(12)6-11(3-4-11)8-15-9-2-5-14-7-9/h9H,2-8H2,1H3. The summed E-state index contributed by atoms with van der Waals surface area (Å²) in [6.45, 7) is 1.79. The molecule has 0 amide bonds. The summed E-state index contributed by atoms with van der Waals surface area (Å²) in [5.41, 5.74) is 0.264. The Kier molecular flexibility index (Phi) is 3.57. The van der Waals surface area contributed by atoms with E-state index < -0.39 is 0 Å². The Labute approximate surface area is 94.9 Å². The van der Waals surface area contributed by atoms with E-state index in [0.29, 0.717) is 11.7 Å². The second-order valence-corrected chi connectivity index (χ2v) is 5.84. The summed E-state index contributed by atoms with van der Waals surface area (Å²) in [7, 11) is 1.47. The number of carbonyl (C=O) groups excluding carboxylic acids is 1. The average Bonchev–Trinajstić information content (AvgIpc) is 2.81. The zero-order valence-electron chi connectivity index (χ0n) is 9.16. The summed E-state index contributed by atoms with van der Waals surface area (Å²) in [4.78, 5) is 11.2. The lowest BCUT2D eigenvalue weighted by atomic mass is 10.1. The molecule has 0 aromatic carbocycles. The molecule has 15 heavy (non-hydrogen) atoms. The maximum absolute atomic E-state index is 11.2. The lowest BCUT2D eigenvalue weighted by molar-refractivity contribution is -0.141. The fraction of sp³-hybridized carbons (Fsp3) is 0.909. The summed E-state index contributed by atoms with van der Waals surface area (Å²) < 4.78 is 10.1. The van der Waals surface area contributed by atoms with Gasteiger partial charge in [0.25, 0.3) is 0 Å². The van der Waals surface area contributed by atoms with Crippen LogP contribution in [0, 0.1) is 5.41 Å². The average molecular weight is 230 g/mol. The third kappa shape index (κ3) is 3.11. The van der Waals surface area contributed by atoms with Crippen molar-refractivity contribution in [2.24, 2.45) is 5.41 Å². The van der Waals surface area contributed by atoms with E-state index in [4.69, 9.17) is 9.47 Å². The van der Waals surface area contributed by atoms with Crippen molar-refractivity contribution in [1.82, 2.24) is 0 Å². The molecule has 0 aromatic heterocycles. The van der Waals surface area contributed by atoms with Crippen LogP contribution in [0.15, 0.2) is 0 Å². The predicted octanol–water partition coefficient (Wildman–Crippen LogP) is 1.85. The summed E-state index contributed by atoms with van der Waals surface area (Å²) in [6.07, 6.45) is 4.13. The fourth-order valence-corrected chi connectivity index (χ4v) is 3.30. The van der Waals surface area contributed by atoms with Crippen molar-refractivity contribution in [3.8, 4) is 0 Å². The zero-order chi connectivity index (χ0) is 10.7. The van der Waals surface area contributed by atoms with Crippen molar-refractivity contribution in [1.29, 1.82) is 0 Å². The van der Waals surface area contributed by atoms with Crippen LogP contribution in [0.2, 0.25) is 0 Å². The molecule has 1 saturated heterocycles. The van der Waals surface area contributed by atoms with Crippen molar-refractivity contribution in [2.45, 2.75) is 30.9 Å². The molecule has 1 saturated carbocycles. The molecule has 3 nitrogen and oxygen atoms in total. The van der Waals surface area contributed by atoms with Gasteiger partial charge in [-0.25, -0.2) is 0 Å². The molecule has 86 valence electrons. The summed E-state index contributed by atoms with van der Waals surface area (Å²) in [5.74, 6) is 1.03. The second-order valence-electron chi connectivity index (χ2n) is 4.55. The molecule has 0 spiro atoms. The van der Waals surface area contributed by atoms with Crippen LogP contribution in [-0.2, 0) is 14.3 Å². The number of thioether (sulfide) groups is 1. The predicted molar refractivity (Wildman–Crippen MR) is 60.0 cm³/mol. The van der Waals surface area contributed by atoms with Crippen LogP contribution in [0.4, 0.5) is 0 Å². The molecule has 2 rings (SSSR count). The molecule has 1 unspecified atom stereocenters. The normalized spacial score (nSPS) is 27.7. The molecular weight excluding hydrogens is 212 g/mol. The summed E-state index contributed by atoms with van der Waals surface area (Å²) in [5, 5.41) is 0.653. The molecule has 0 radical (unpaired) electrons. The minimum atomic E-state index is -0.0595. The van der Waals surface area contributed by atoms with Gasteiger partial charge in [-0.05, 0) is 30.4 Å². The number of esters is 1. The third-order valence-electron chi connectivity index (χ3n) is 3.22. The maximum Gasteiger partial charge on any atom is 0.306 e. The van der Waals surface area contributed by atoms with Crippen molar-refractivity contribution in [3.63, 3.8) is 0 Å². The lowest BCUT2D eigenvalue weighted by Crippen LogP contribution is -2.15. The SMILES string of the molecule is COC(=O)CC1(CSC2CCOC2)CC1. The number of rotatable bonds is 5. The Hall–Kier alpha value is -0.220. The van der Waals surface area contributed by atoms with E-state index in [1.807, 2.05) is 11.8 Å². The first-order valence-corrected chi connectivity index (χ1v) is 6.55. The van der Waals surface area contributed by atoms with Crippen LogP contribution in [0.3, 0.4) is 0 Å². The van der Waals surface area contributed by atoms with Gasteiger partial charge in [0, 0.05) is 11.9 Å². The minimum absolute atomic E-state index is 0.0595. The largest absolute Gasteiger partial charge is 0.469 e. The molecule has 1 aliphatic heterocycles. The molecule has 2 aliphatic rings. The van der Waals surface area contributed by atoms with E-state index in [-0.39, 0.29) is 11.4 Å². The third-order valence-corrected chi connectivity index (χ3v) is 4.84. The molecule has 1 aliphatic carbocycles. The minimum Gasteiger partial charge on any atom is -0.469 e. The van der Waals surface area contributed by atoms with Crippen molar-refractivity contribution >= 4 is 17.7 Å². The van der Waals surface area contributed by atoms with E-state index in [9.17, 15) is 4.79 Å². The van der Waals surface area contributed by atoms with Crippen molar-refractivity contribution in [2.75, 3.05) is 26.1 Å². The van der Waals surface area contributed by atoms with Crippen LogP contribution in [0.25, 0.3) is 0 Å². The Morgan fingerprint density at radius 3 is 2.93 bits per heavy atom. The molecule has 2 fully saturated rings. The van der Waals surface area contributed by atoms with Crippen LogP contribution < -0.4 is 0 Å². The monoisotopic (exact) mass is 230 g/mol. The summed E-state index contributed by atoms with van der Waals surface area (Å²) >= 11 is 1.97. The van der Waals surface area contributed by atoms with E-state index >= 15 is 0 Å². The van der Waals surface area contributed by atoms with Gasteiger partial charge in [0.15, 0.2) is 0 Å². The van der Waals surface area contributed by atoms with Gasteiger partial charge >= 0.3 is 5.97 Å². The van der Waals surface area contributed by atoms with E-state index in [1.165, 1.54) is 26.4 Å².